The SMILES string of the molecule is CC(O)(CCOc1ccc([C@@H]2c3ccc(OCc4ccccc4)cc3CC[C@@H]2c2ccccc2)cc1)CCN1CCC(c2ccc3c(c2)CN(C2CCC(=O)NC2=O)C3=O)CC1. The number of likely N-dealkylation sites (tertiary alicyclic amines) is 1. The van der Waals surface area contributed by atoms with Gasteiger partial charge in [-0.05, 0) is 140 Å². The Bertz CT molecular complexity index is 2370. The van der Waals surface area contributed by atoms with Gasteiger partial charge in [-0.3, -0.25) is 19.7 Å². The van der Waals surface area contributed by atoms with Crippen molar-refractivity contribution in [3.05, 3.63) is 166 Å². The summed E-state index contributed by atoms with van der Waals surface area (Å²) in [5, 5.41) is 13.8. The summed E-state index contributed by atoms with van der Waals surface area (Å²) in [6.07, 6.45) is 5.89. The van der Waals surface area contributed by atoms with Gasteiger partial charge in [0.25, 0.3) is 5.91 Å². The van der Waals surface area contributed by atoms with E-state index in [0.29, 0.717) is 56.4 Å². The van der Waals surface area contributed by atoms with Crippen molar-refractivity contribution in [2.75, 3.05) is 26.2 Å². The molecule has 9 nitrogen and oxygen atoms in total. The molecule has 4 atom stereocenters. The molecule has 2 N–H and O–H groups in total. The molecule has 5 aromatic rings. The Hall–Kier alpha value is -5.77. The number of hydrogen-bond donors (Lipinski definition) is 2. The Morgan fingerprint density at radius 2 is 1.44 bits per heavy atom. The zero-order valence-corrected chi connectivity index (χ0v) is 35.6. The quantitative estimate of drug-likeness (QED) is 0.108. The zero-order valence-electron chi connectivity index (χ0n) is 35.6. The van der Waals surface area contributed by atoms with Crippen LogP contribution < -0.4 is 14.8 Å². The maximum absolute atomic E-state index is 13.2. The average molecular weight is 832 g/mol. The van der Waals surface area contributed by atoms with Crippen LogP contribution in [0.2, 0.25) is 0 Å². The maximum Gasteiger partial charge on any atom is 0.255 e. The smallest absolute Gasteiger partial charge is 0.255 e. The molecule has 9 heteroatoms. The third kappa shape index (κ3) is 9.34. The Labute approximate surface area is 365 Å². The van der Waals surface area contributed by atoms with Gasteiger partial charge in [-0.25, -0.2) is 0 Å². The van der Waals surface area contributed by atoms with E-state index in [1.165, 1.54) is 27.8 Å². The Morgan fingerprint density at radius 3 is 2.19 bits per heavy atom. The first-order valence-electron chi connectivity index (χ1n) is 22.5. The molecule has 62 heavy (non-hydrogen) atoms. The number of benzene rings is 5. The number of fused-ring (bicyclic) bond motifs is 2. The van der Waals surface area contributed by atoms with Crippen molar-refractivity contribution in [1.29, 1.82) is 0 Å². The van der Waals surface area contributed by atoms with E-state index in [4.69, 9.17) is 9.47 Å². The first-order valence-corrected chi connectivity index (χ1v) is 22.5. The molecule has 2 saturated heterocycles. The van der Waals surface area contributed by atoms with Gasteiger partial charge in [0.2, 0.25) is 11.8 Å². The van der Waals surface area contributed by atoms with Crippen molar-refractivity contribution in [2.24, 2.45) is 0 Å². The van der Waals surface area contributed by atoms with Gasteiger partial charge in [-0.15, -0.1) is 0 Å². The summed E-state index contributed by atoms with van der Waals surface area (Å²) in [5.41, 5.74) is 8.48. The molecule has 3 heterocycles. The van der Waals surface area contributed by atoms with Crippen molar-refractivity contribution < 1.29 is 29.0 Å². The van der Waals surface area contributed by atoms with Crippen LogP contribution in [-0.2, 0) is 29.2 Å². The molecule has 1 aliphatic carbocycles. The molecule has 3 amide bonds. The van der Waals surface area contributed by atoms with Crippen LogP contribution in [0.25, 0.3) is 0 Å². The van der Waals surface area contributed by atoms with Crippen LogP contribution in [0, 0.1) is 0 Å². The molecule has 9 rings (SSSR count). The molecule has 0 radical (unpaired) electrons. The number of aryl methyl sites for hydroxylation is 1. The van der Waals surface area contributed by atoms with Gasteiger partial charge in [0.1, 0.15) is 24.1 Å². The molecular formula is C53H57N3O6. The van der Waals surface area contributed by atoms with Crippen LogP contribution >= 0.6 is 0 Å². The number of carbonyl (C=O) groups excluding carboxylic acids is 3. The second kappa shape index (κ2) is 18.3. The standard InChI is InChI=1S/C53H57N3O6/c1-53(60,26-30-55-28-24-37(25-29-55)40-14-20-47-42(32-40)34-56(52(47)59)48-22-23-49(57)54-51(48)58)27-31-61-43-16-12-39(13-17-43)50-45(38-10-6-3-7-11-38)19-15-41-33-44(18-21-46(41)50)62-35-36-8-4-2-5-9-36/h2-14,16-18,20-21,32-33,37,45,48,50,60H,15,19,22-31,34-35H2,1H3,(H,54,57,58)/t45-,48?,50+,53?/m1/s1. The molecular weight excluding hydrogens is 775 g/mol. The molecule has 4 aliphatic rings. The lowest BCUT2D eigenvalue weighted by Gasteiger charge is -2.35. The predicted molar refractivity (Wildman–Crippen MR) is 239 cm³/mol. The number of hydrogen-bond acceptors (Lipinski definition) is 7. The molecule has 0 spiro atoms. The van der Waals surface area contributed by atoms with E-state index >= 15 is 0 Å². The summed E-state index contributed by atoms with van der Waals surface area (Å²) in [4.78, 5) is 41.4. The molecule has 0 aromatic heterocycles. The summed E-state index contributed by atoms with van der Waals surface area (Å²) in [6, 6.07) is 41.9. The number of rotatable bonds is 14. The second-order valence-electron chi connectivity index (χ2n) is 18.0. The van der Waals surface area contributed by atoms with Crippen LogP contribution in [0.1, 0.15) is 119 Å². The summed E-state index contributed by atoms with van der Waals surface area (Å²) in [6.45, 7) is 6.01. The number of piperidine rings is 2. The topological polar surface area (TPSA) is 108 Å². The van der Waals surface area contributed by atoms with E-state index in [9.17, 15) is 19.5 Å². The maximum atomic E-state index is 13.2. The van der Waals surface area contributed by atoms with Gasteiger partial charge >= 0.3 is 0 Å². The molecule has 3 aliphatic heterocycles. The number of nitrogens with zero attached hydrogens (tertiary/aromatic N) is 2. The van der Waals surface area contributed by atoms with Crippen LogP contribution in [0.15, 0.2) is 121 Å². The summed E-state index contributed by atoms with van der Waals surface area (Å²) in [5.74, 6) is 1.88. The van der Waals surface area contributed by atoms with Crippen molar-refractivity contribution in [3.8, 4) is 11.5 Å². The average Bonchev–Trinajstić information content (AvgIpc) is 3.62. The monoisotopic (exact) mass is 831 g/mol. The van der Waals surface area contributed by atoms with E-state index in [2.05, 4.69) is 107 Å². The number of carbonyl (C=O) groups is 3. The van der Waals surface area contributed by atoms with Gasteiger partial charge in [-0.1, -0.05) is 91.0 Å². The second-order valence-corrected chi connectivity index (χ2v) is 18.0. The summed E-state index contributed by atoms with van der Waals surface area (Å²) in [7, 11) is 0. The highest BCUT2D eigenvalue weighted by atomic mass is 16.5. The molecule has 0 saturated carbocycles. The minimum atomic E-state index is -0.851. The third-order valence-corrected chi connectivity index (χ3v) is 13.8. The Balaban J connectivity index is 0.758. The number of imide groups is 1. The molecule has 2 fully saturated rings. The Kier molecular flexibility index (Phi) is 12.3. The van der Waals surface area contributed by atoms with Crippen molar-refractivity contribution in [3.63, 3.8) is 0 Å². The minimum absolute atomic E-state index is 0.134. The van der Waals surface area contributed by atoms with Crippen LogP contribution in [-0.4, -0.2) is 70.5 Å². The van der Waals surface area contributed by atoms with Crippen LogP contribution in [0.4, 0.5) is 0 Å². The van der Waals surface area contributed by atoms with Crippen molar-refractivity contribution in [2.45, 2.75) is 101 Å². The fraction of sp³-hybridized carbons (Fsp3) is 0.377. The highest BCUT2D eigenvalue weighted by molar-refractivity contribution is 6.05. The normalized spacial score (nSPS) is 21.5. The lowest BCUT2D eigenvalue weighted by atomic mass is 9.69. The van der Waals surface area contributed by atoms with Crippen LogP contribution in [0.3, 0.4) is 0 Å². The van der Waals surface area contributed by atoms with Gasteiger partial charge < -0.3 is 24.4 Å². The first-order chi connectivity index (χ1) is 30.2. The van der Waals surface area contributed by atoms with Gasteiger partial charge in [0, 0.05) is 37.4 Å². The van der Waals surface area contributed by atoms with E-state index in [1.54, 1.807) is 4.90 Å². The number of ether oxygens (including phenoxy) is 2. The third-order valence-electron chi connectivity index (χ3n) is 13.8. The number of amides is 3. The molecule has 2 unspecified atom stereocenters. The van der Waals surface area contributed by atoms with Gasteiger partial charge in [0.15, 0.2) is 0 Å². The van der Waals surface area contributed by atoms with Crippen molar-refractivity contribution in [1.82, 2.24) is 15.1 Å². The highest BCUT2D eigenvalue weighted by Crippen LogP contribution is 2.47. The molecule has 0 bridgehead atoms. The van der Waals surface area contributed by atoms with Crippen LogP contribution in [0.5, 0.6) is 11.5 Å². The van der Waals surface area contributed by atoms with E-state index in [1.807, 2.05) is 31.2 Å². The lowest BCUT2D eigenvalue weighted by Crippen LogP contribution is -2.52. The zero-order chi connectivity index (χ0) is 42.6. The first kappa shape index (κ1) is 41.6. The summed E-state index contributed by atoms with van der Waals surface area (Å²) < 4.78 is 12.5. The van der Waals surface area contributed by atoms with E-state index in [-0.39, 0.29) is 30.1 Å². The van der Waals surface area contributed by atoms with Gasteiger partial charge in [0.05, 0.1) is 12.2 Å². The lowest BCUT2D eigenvalue weighted by molar-refractivity contribution is -0.136. The number of nitrogens with one attached hydrogen (secondary N) is 1. The molecule has 5 aromatic carbocycles. The summed E-state index contributed by atoms with van der Waals surface area (Å²) >= 11 is 0. The molecule has 320 valence electrons. The van der Waals surface area contributed by atoms with E-state index in [0.717, 1.165) is 67.9 Å². The fourth-order valence-corrected chi connectivity index (χ4v) is 10.1. The van der Waals surface area contributed by atoms with Gasteiger partial charge in [-0.2, -0.15) is 0 Å². The van der Waals surface area contributed by atoms with Crippen molar-refractivity contribution >= 4 is 17.7 Å². The van der Waals surface area contributed by atoms with E-state index < -0.39 is 11.6 Å². The largest absolute Gasteiger partial charge is 0.493 e. The fourth-order valence-electron chi connectivity index (χ4n) is 10.1. The predicted octanol–water partition coefficient (Wildman–Crippen LogP) is 8.68. The highest BCUT2D eigenvalue weighted by Gasteiger charge is 2.39. The minimum Gasteiger partial charge on any atom is -0.493 e. The Morgan fingerprint density at radius 1 is 0.710 bits per heavy atom. The number of aliphatic hydroxyl groups is 1.